The molecule has 0 radical (unpaired) electrons. The smallest absolute Gasteiger partial charge is 0.239 e. The molecule has 0 saturated carbocycles. The Balaban J connectivity index is 2.28. The van der Waals surface area contributed by atoms with Gasteiger partial charge >= 0.3 is 0 Å². The number of para-hydroxylation sites is 1. The lowest BCUT2D eigenvalue weighted by Gasteiger charge is -2.30. The van der Waals surface area contributed by atoms with Crippen LogP contribution in [-0.4, -0.2) is 47.4 Å². The van der Waals surface area contributed by atoms with E-state index in [9.17, 15) is 19.8 Å². The molecule has 0 spiro atoms. The fourth-order valence-electron chi connectivity index (χ4n) is 2.74. The molecule has 1 heterocycles. The Bertz CT molecular complexity index is 519. The average molecular weight is 307 g/mol. The third-order valence-electron chi connectivity index (χ3n) is 3.92. The molecule has 0 aliphatic carbocycles. The van der Waals surface area contributed by atoms with Gasteiger partial charge in [0.1, 0.15) is 12.2 Å². The van der Waals surface area contributed by atoms with Crippen LogP contribution >= 0.6 is 0 Å². The number of hydrogen-bond donors (Lipinski definition) is 2. The number of carbonyl (C=O) groups is 2. The van der Waals surface area contributed by atoms with Crippen molar-refractivity contribution >= 4 is 18.0 Å². The van der Waals surface area contributed by atoms with Gasteiger partial charge in [-0.3, -0.25) is 14.5 Å². The fourth-order valence-corrected chi connectivity index (χ4v) is 2.74. The van der Waals surface area contributed by atoms with E-state index in [1.165, 1.54) is 0 Å². The Labute approximate surface area is 129 Å². The van der Waals surface area contributed by atoms with Gasteiger partial charge in [0, 0.05) is 0 Å². The second-order valence-electron chi connectivity index (χ2n) is 5.77. The summed E-state index contributed by atoms with van der Waals surface area (Å²) in [6.45, 7) is 3.61. The maximum atomic E-state index is 12.8. The molecule has 2 rings (SSSR count). The van der Waals surface area contributed by atoms with Gasteiger partial charge in [-0.25, -0.2) is 0 Å². The number of benzene rings is 1. The Morgan fingerprint density at radius 2 is 1.95 bits per heavy atom. The quantitative estimate of drug-likeness (QED) is 0.777. The van der Waals surface area contributed by atoms with E-state index in [4.69, 9.17) is 4.74 Å². The molecule has 4 unspecified atom stereocenters. The first-order valence-electron chi connectivity index (χ1n) is 7.28. The second-order valence-corrected chi connectivity index (χ2v) is 5.77. The SMILES string of the molecule is CC(C)C(C(=O)N(C=O)c1ccccc1)C1OCC(O)C1O. The first-order chi connectivity index (χ1) is 10.5. The highest BCUT2D eigenvalue weighted by Crippen LogP contribution is 2.30. The summed E-state index contributed by atoms with van der Waals surface area (Å²) in [6, 6.07) is 8.56. The van der Waals surface area contributed by atoms with Crippen LogP contribution < -0.4 is 4.90 Å². The monoisotopic (exact) mass is 307 g/mol. The average Bonchev–Trinajstić information content (AvgIpc) is 2.81. The molecule has 2 amide bonds. The fraction of sp³-hybridized carbons (Fsp3) is 0.500. The van der Waals surface area contributed by atoms with Crippen LogP contribution in [0.15, 0.2) is 30.3 Å². The number of amides is 2. The van der Waals surface area contributed by atoms with Gasteiger partial charge in [0.15, 0.2) is 0 Å². The summed E-state index contributed by atoms with van der Waals surface area (Å²) in [6.07, 6.45) is -2.51. The largest absolute Gasteiger partial charge is 0.388 e. The number of hydrogen-bond acceptors (Lipinski definition) is 5. The van der Waals surface area contributed by atoms with Crippen molar-refractivity contribution in [2.75, 3.05) is 11.5 Å². The number of imide groups is 1. The molecule has 6 heteroatoms. The van der Waals surface area contributed by atoms with Gasteiger partial charge in [-0.2, -0.15) is 0 Å². The van der Waals surface area contributed by atoms with Crippen LogP contribution in [0.25, 0.3) is 0 Å². The minimum Gasteiger partial charge on any atom is -0.388 e. The third-order valence-corrected chi connectivity index (χ3v) is 3.92. The second kappa shape index (κ2) is 7.00. The molecular weight excluding hydrogens is 286 g/mol. The topological polar surface area (TPSA) is 87.1 Å². The highest BCUT2D eigenvalue weighted by atomic mass is 16.5. The first kappa shape index (κ1) is 16.6. The lowest BCUT2D eigenvalue weighted by atomic mass is 9.86. The van der Waals surface area contributed by atoms with Crippen molar-refractivity contribution in [3.05, 3.63) is 30.3 Å². The van der Waals surface area contributed by atoms with Crippen molar-refractivity contribution in [1.29, 1.82) is 0 Å². The molecule has 1 saturated heterocycles. The predicted octanol–water partition coefficient (Wildman–Crippen LogP) is 0.569. The van der Waals surface area contributed by atoms with E-state index in [1.807, 2.05) is 13.8 Å². The number of rotatable bonds is 5. The van der Waals surface area contributed by atoms with Gasteiger partial charge in [-0.1, -0.05) is 32.0 Å². The number of ether oxygens (including phenoxy) is 1. The maximum absolute atomic E-state index is 12.8. The zero-order chi connectivity index (χ0) is 16.3. The lowest BCUT2D eigenvalue weighted by molar-refractivity contribution is -0.132. The minimum atomic E-state index is -1.14. The van der Waals surface area contributed by atoms with Gasteiger partial charge in [-0.05, 0) is 18.1 Å². The zero-order valence-electron chi connectivity index (χ0n) is 12.6. The van der Waals surface area contributed by atoms with Crippen molar-refractivity contribution in [2.24, 2.45) is 11.8 Å². The predicted molar refractivity (Wildman–Crippen MR) is 80.1 cm³/mol. The molecule has 1 fully saturated rings. The summed E-state index contributed by atoms with van der Waals surface area (Å²) < 4.78 is 5.39. The van der Waals surface area contributed by atoms with Crippen LogP contribution in [0.1, 0.15) is 13.8 Å². The maximum Gasteiger partial charge on any atom is 0.239 e. The Morgan fingerprint density at radius 1 is 1.32 bits per heavy atom. The van der Waals surface area contributed by atoms with Crippen LogP contribution in [0, 0.1) is 11.8 Å². The van der Waals surface area contributed by atoms with E-state index in [-0.39, 0.29) is 12.5 Å². The van der Waals surface area contributed by atoms with Crippen LogP contribution in [0.4, 0.5) is 5.69 Å². The molecule has 1 aromatic rings. The molecule has 1 aliphatic rings. The van der Waals surface area contributed by atoms with Crippen molar-refractivity contribution < 1.29 is 24.5 Å². The summed E-state index contributed by atoms with van der Waals surface area (Å²) >= 11 is 0. The van der Waals surface area contributed by atoms with Crippen LogP contribution in [-0.2, 0) is 14.3 Å². The van der Waals surface area contributed by atoms with Gasteiger partial charge in [-0.15, -0.1) is 0 Å². The molecule has 0 aromatic heterocycles. The minimum absolute atomic E-state index is 0.0191. The number of carbonyl (C=O) groups excluding carboxylic acids is 2. The number of aliphatic hydroxyl groups is 2. The molecule has 1 aromatic carbocycles. The van der Waals surface area contributed by atoms with Gasteiger partial charge in [0.2, 0.25) is 12.3 Å². The molecular formula is C16H21NO5. The van der Waals surface area contributed by atoms with E-state index in [2.05, 4.69) is 0 Å². The Morgan fingerprint density at radius 3 is 2.41 bits per heavy atom. The number of anilines is 1. The molecule has 120 valence electrons. The summed E-state index contributed by atoms with van der Waals surface area (Å²) in [5.41, 5.74) is 0.459. The standard InChI is InChI=1S/C16H21NO5/c1-10(2)13(15-14(20)12(19)8-22-15)16(21)17(9-18)11-6-4-3-5-7-11/h3-7,9-10,12-15,19-20H,8H2,1-2H3. The van der Waals surface area contributed by atoms with Crippen molar-refractivity contribution in [2.45, 2.75) is 32.2 Å². The van der Waals surface area contributed by atoms with Crippen LogP contribution in [0.3, 0.4) is 0 Å². The molecule has 22 heavy (non-hydrogen) atoms. The normalized spacial score (nSPS) is 26.0. The summed E-state index contributed by atoms with van der Waals surface area (Å²) in [7, 11) is 0. The third kappa shape index (κ3) is 3.19. The summed E-state index contributed by atoms with van der Waals surface area (Å²) in [4.78, 5) is 25.2. The highest BCUT2D eigenvalue weighted by molar-refractivity contribution is 6.08. The summed E-state index contributed by atoms with van der Waals surface area (Å²) in [5, 5.41) is 19.6. The molecule has 6 nitrogen and oxygen atoms in total. The number of aliphatic hydroxyl groups excluding tert-OH is 2. The van der Waals surface area contributed by atoms with Gasteiger partial charge in [0.25, 0.3) is 0 Å². The summed E-state index contributed by atoms with van der Waals surface area (Å²) in [5.74, 6) is -1.34. The zero-order valence-corrected chi connectivity index (χ0v) is 12.6. The molecule has 2 N–H and O–H groups in total. The van der Waals surface area contributed by atoms with E-state index in [0.717, 1.165) is 4.90 Å². The lowest BCUT2D eigenvalue weighted by Crippen LogP contribution is -2.47. The Hall–Kier alpha value is -1.76. The molecule has 0 bridgehead atoms. The van der Waals surface area contributed by atoms with E-state index < -0.39 is 30.1 Å². The molecule has 4 atom stereocenters. The Kier molecular flexibility index (Phi) is 5.28. The van der Waals surface area contributed by atoms with Crippen LogP contribution in [0.5, 0.6) is 0 Å². The van der Waals surface area contributed by atoms with E-state index in [1.54, 1.807) is 30.3 Å². The van der Waals surface area contributed by atoms with E-state index >= 15 is 0 Å². The van der Waals surface area contributed by atoms with Crippen molar-refractivity contribution in [3.8, 4) is 0 Å². The van der Waals surface area contributed by atoms with E-state index in [0.29, 0.717) is 12.1 Å². The number of nitrogens with zero attached hydrogens (tertiary/aromatic N) is 1. The van der Waals surface area contributed by atoms with Crippen molar-refractivity contribution in [1.82, 2.24) is 0 Å². The molecule has 1 aliphatic heterocycles. The van der Waals surface area contributed by atoms with Gasteiger partial charge in [0.05, 0.1) is 24.3 Å². The van der Waals surface area contributed by atoms with Crippen LogP contribution in [0.2, 0.25) is 0 Å². The highest BCUT2D eigenvalue weighted by Gasteiger charge is 2.45. The van der Waals surface area contributed by atoms with Crippen molar-refractivity contribution in [3.63, 3.8) is 0 Å². The van der Waals surface area contributed by atoms with Gasteiger partial charge < -0.3 is 14.9 Å². The first-order valence-corrected chi connectivity index (χ1v) is 7.28.